The van der Waals surface area contributed by atoms with Crippen molar-refractivity contribution in [3.05, 3.63) is 65.5 Å². The lowest BCUT2D eigenvalue weighted by molar-refractivity contribution is -0.154. The summed E-state index contributed by atoms with van der Waals surface area (Å²) in [5, 5.41) is 2.86. The van der Waals surface area contributed by atoms with Gasteiger partial charge in [-0.1, -0.05) is 18.2 Å². The van der Waals surface area contributed by atoms with E-state index in [1.54, 1.807) is 34.3 Å². The SMILES string of the molecule is O=C(NCc1cccnc1)c1ccc(CN2CC(=O)N3CCCC3C2=O)cc1. The fourth-order valence-electron chi connectivity index (χ4n) is 3.77. The van der Waals surface area contributed by atoms with Gasteiger partial charge >= 0.3 is 0 Å². The smallest absolute Gasteiger partial charge is 0.251 e. The Morgan fingerprint density at radius 2 is 1.96 bits per heavy atom. The van der Waals surface area contributed by atoms with Gasteiger partial charge in [-0.3, -0.25) is 19.4 Å². The van der Waals surface area contributed by atoms with Gasteiger partial charge in [0, 0.05) is 37.6 Å². The van der Waals surface area contributed by atoms with Crippen LogP contribution in [0.5, 0.6) is 0 Å². The summed E-state index contributed by atoms with van der Waals surface area (Å²) in [5.74, 6) is -0.120. The number of hydrogen-bond acceptors (Lipinski definition) is 4. The maximum absolute atomic E-state index is 12.6. The molecule has 2 saturated heterocycles. The second kappa shape index (κ2) is 7.80. The largest absolute Gasteiger partial charge is 0.348 e. The number of benzene rings is 1. The van der Waals surface area contributed by atoms with Crippen molar-refractivity contribution in [2.45, 2.75) is 32.0 Å². The van der Waals surface area contributed by atoms with E-state index in [9.17, 15) is 14.4 Å². The number of pyridine rings is 1. The summed E-state index contributed by atoms with van der Waals surface area (Å²) in [5.41, 5.74) is 2.38. The van der Waals surface area contributed by atoms with E-state index in [1.165, 1.54) is 0 Å². The Hall–Kier alpha value is -3.22. The third-order valence-electron chi connectivity index (χ3n) is 5.26. The number of amides is 3. The highest BCUT2D eigenvalue weighted by molar-refractivity contribution is 5.95. The van der Waals surface area contributed by atoms with Crippen molar-refractivity contribution in [2.24, 2.45) is 0 Å². The van der Waals surface area contributed by atoms with Crippen LogP contribution in [-0.2, 0) is 22.7 Å². The zero-order chi connectivity index (χ0) is 19.5. The number of piperazine rings is 1. The molecule has 2 aliphatic rings. The summed E-state index contributed by atoms with van der Waals surface area (Å²) in [6.45, 7) is 1.61. The molecule has 1 aromatic heterocycles. The molecular formula is C21H22N4O3. The molecule has 0 saturated carbocycles. The van der Waals surface area contributed by atoms with Crippen LogP contribution in [-0.4, -0.2) is 51.6 Å². The maximum atomic E-state index is 12.6. The molecule has 2 aromatic rings. The lowest BCUT2D eigenvalue weighted by Gasteiger charge is -2.36. The van der Waals surface area contributed by atoms with Gasteiger partial charge in [0.2, 0.25) is 11.8 Å². The van der Waals surface area contributed by atoms with Crippen molar-refractivity contribution in [3.8, 4) is 0 Å². The molecule has 0 aliphatic carbocycles. The molecule has 1 aromatic carbocycles. The number of nitrogens with zero attached hydrogens (tertiary/aromatic N) is 3. The third-order valence-corrected chi connectivity index (χ3v) is 5.26. The van der Waals surface area contributed by atoms with Gasteiger partial charge in [0.1, 0.15) is 12.6 Å². The fourth-order valence-corrected chi connectivity index (χ4v) is 3.77. The minimum absolute atomic E-state index is 0.0218. The number of nitrogens with one attached hydrogen (secondary N) is 1. The number of rotatable bonds is 5. The highest BCUT2D eigenvalue weighted by Gasteiger charge is 2.41. The van der Waals surface area contributed by atoms with Gasteiger partial charge in [0.05, 0.1) is 0 Å². The van der Waals surface area contributed by atoms with E-state index in [1.807, 2.05) is 24.3 Å². The van der Waals surface area contributed by atoms with Crippen LogP contribution in [0.25, 0.3) is 0 Å². The quantitative estimate of drug-likeness (QED) is 0.851. The van der Waals surface area contributed by atoms with Gasteiger partial charge in [0.25, 0.3) is 5.91 Å². The molecule has 4 rings (SSSR count). The Morgan fingerprint density at radius 3 is 2.71 bits per heavy atom. The van der Waals surface area contributed by atoms with Crippen LogP contribution in [0, 0.1) is 0 Å². The minimum atomic E-state index is -0.293. The average Bonchev–Trinajstić information content (AvgIpc) is 3.22. The summed E-state index contributed by atoms with van der Waals surface area (Å²) in [4.78, 5) is 44.5. The molecule has 7 heteroatoms. The Kier molecular flexibility index (Phi) is 5.06. The van der Waals surface area contributed by atoms with E-state index in [-0.39, 0.29) is 30.3 Å². The topological polar surface area (TPSA) is 82.6 Å². The minimum Gasteiger partial charge on any atom is -0.348 e. The summed E-state index contributed by atoms with van der Waals surface area (Å²) < 4.78 is 0. The van der Waals surface area contributed by atoms with E-state index in [2.05, 4.69) is 10.3 Å². The standard InChI is InChI=1S/C21H22N4O3/c26-19-14-24(21(28)18-4-2-10-25(18)19)13-15-5-7-17(8-6-15)20(27)23-12-16-3-1-9-22-11-16/h1,3,5-9,11,18H,2,4,10,12-14H2,(H,23,27). The van der Waals surface area contributed by atoms with Gasteiger partial charge in [-0.15, -0.1) is 0 Å². The number of aromatic nitrogens is 1. The lowest BCUT2D eigenvalue weighted by Crippen LogP contribution is -2.56. The van der Waals surface area contributed by atoms with E-state index < -0.39 is 0 Å². The molecule has 7 nitrogen and oxygen atoms in total. The van der Waals surface area contributed by atoms with Crippen molar-refractivity contribution in [3.63, 3.8) is 0 Å². The van der Waals surface area contributed by atoms with E-state index in [4.69, 9.17) is 0 Å². The van der Waals surface area contributed by atoms with Gasteiger partial charge in [0.15, 0.2) is 0 Å². The second-order valence-electron chi connectivity index (χ2n) is 7.18. The number of carbonyl (C=O) groups is 3. The summed E-state index contributed by atoms with van der Waals surface area (Å²) in [6, 6.07) is 10.6. The van der Waals surface area contributed by atoms with Gasteiger partial charge in [-0.05, 0) is 42.2 Å². The Morgan fingerprint density at radius 1 is 1.14 bits per heavy atom. The molecular weight excluding hydrogens is 356 g/mol. The van der Waals surface area contributed by atoms with E-state index >= 15 is 0 Å². The normalized spacial score (nSPS) is 18.9. The van der Waals surface area contributed by atoms with Crippen LogP contribution >= 0.6 is 0 Å². The molecule has 2 fully saturated rings. The van der Waals surface area contributed by atoms with Gasteiger partial charge < -0.3 is 15.1 Å². The number of hydrogen-bond donors (Lipinski definition) is 1. The maximum Gasteiger partial charge on any atom is 0.251 e. The molecule has 28 heavy (non-hydrogen) atoms. The molecule has 3 heterocycles. The Bertz CT molecular complexity index is 882. The van der Waals surface area contributed by atoms with Crippen molar-refractivity contribution >= 4 is 17.7 Å². The zero-order valence-electron chi connectivity index (χ0n) is 15.5. The monoisotopic (exact) mass is 378 g/mol. The van der Waals surface area contributed by atoms with Crippen LogP contribution in [0.15, 0.2) is 48.8 Å². The molecule has 3 amide bonds. The number of fused-ring (bicyclic) bond motifs is 1. The van der Waals surface area contributed by atoms with Crippen LogP contribution in [0.3, 0.4) is 0 Å². The first-order valence-electron chi connectivity index (χ1n) is 9.46. The first kappa shape index (κ1) is 18.2. The van der Waals surface area contributed by atoms with Crippen molar-refractivity contribution < 1.29 is 14.4 Å². The molecule has 2 aliphatic heterocycles. The Labute approximate surface area is 163 Å². The summed E-state index contributed by atoms with van der Waals surface area (Å²) in [7, 11) is 0. The average molecular weight is 378 g/mol. The van der Waals surface area contributed by atoms with Crippen molar-refractivity contribution in [1.29, 1.82) is 0 Å². The molecule has 1 N–H and O–H groups in total. The Balaban J connectivity index is 1.36. The highest BCUT2D eigenvalue weighted by Crippen LogP contribution is 2.24. The molecule has 1 atom stereocenters. The molecule has 0 spiro atoms. The lowest BCUT2D eigenvalue weighted by atomic mass is 10.1. The predicted octanol–water partition coefficient (Wildman–Crippen LogP) is 1.34. The summed E-state index contributed by atoms with van der Waals surface area (Å²) in [6.07, 6.45) is 5.04. The van der Waals surface area contributed by atoms with Crippen molar-refractivity contribution in [2.75, 3.05) is 13.1 Å². The highest BCUT2D eigenvalue weighted by atomic mass is 16.2. The predicted molar refractivity (Wildman–Crippen MR) is 102 cm³/mol. The first-order chi connectivity index (χ1) is 13.6. The fraction of sp³-hybridized carbons (Fsp3) is 0.333. The first-order valence-corrected chi connectivity index (χ1v) is 9.46. The van der Waals surface area contributed by atoms with Crippen molar-refractivity contribution in [1.82, 2.24) is 20.1 Å². The summed E-state index contributed by atoms with van der Waals surface area (Å²) >= 11 is 0. The van der Waals surface area contributed by atoms with Gasteiger partial charge in [-0.2, -0.15) is 0 Å². The van der Waals surface area contributed by atoms with Gasteiger partial charge in [-0.25, -0.2) is 0 Å². The molecule has 0 bridgehead atoms. The molecule has 1 unspecified atom stereocenters. The van der Waals surface area contributed by atoms with Crippen LogP contribution in [0.2, 0.25) is 0 Å². The molecule has 144 valence electrons. The third kappa shape index (κ3) is 3.74. The van der Waals surface area contributed by atoms with Crippen LogP contribution in [0.1, 0.15) is 34.3 Å². The number of carbonyl (C=O) groups excluding carboxylic acids is 3. The molecule has 0 radical (unpaired) electrons. The second-order valence-corrected chi connectivity index (χ2v) is 7.18. The van der Waals surface area contributed by atoms with Crippen LogP contribution in [0.4, 0.5) is 0 Å². The van der Waals surface area contributed by atoms with E-state index in [0.717, 1.165) is 24.0 Å². The van der Waals surface area contributed by atoms with Crippen LogP contribution < -0.4 is 5.32 Å². The zero-order valence-corrected chi connectivity index (χ0v) is 15.5. The van der Waals surface area contributed by atoms with E-state index in [0.29, 0.717) is 25.2 Å².